The first-order chi connectivity index (χ1) is 15.0. The molecule has 0 saturated heterocycles. The number of rotatable bonds is 6. The Morgan fingerprint density at radius 2 is 1.94 bits per heavy atom. The fraction of sp³-hybridized carbons (Fsp3) is 0.160. The van der Waals surface area contributed by atoms with E-state index in [1.165, 1.54) is 0 Å². The van der Waals surface area contributed by atoms with Crippen LogP contribution in [0.3, 0.4) is 0 Å². The van der Waals surface area contributed by atoms with E-state index in [1.54, 1.807) is 42.4 Å². The SMILES string of the molecule is COc1ccc(CC(=O)Nc2cccc3c(=O)n(Cc4cccnc4)ccc23)cc1C. The number of hydrogen-bond donors (Lipinski definition) is 1. The van der Waals surface area contributed by atoms with Crippen molar-refractivity contribution in [3.8, 4) is 5.75 Å². The number of pyridine rings is 2. The molecule has 2 heterocycles. The monoisotopic (exact) mass is 413 g/mol. The van der Waals surface area contributed by atoms with Gasteiger partial charge in [-0.05, 0) is 53.9 Å². The van der Waals surface area contributed by atoms with E-state index in [9.17, 15) is 9.59 Å². The maximum atomic E-state index is 13.0. The molecular formula is C25H23N3O3. The first-order valence-corrected chi connectivity index (χ1v) is 9.99. The van der Waals surface area contributed by atoms with Gasteiger partial charge in [0.25, 0.3) is 5.56 Å². The number of aromatic nitrogens is 2. The number of anilines is 1. The van der Waals surface area contributed by atoms with Gasteiger partial charge in [0.15, 0.2) is 0 Å². The maximum Gasteiger partial charge on any atom is 0.258 e. The Bertz CT molecular complexity index is 1300. The molecule has 0 aliphatic rings. The van der Waals surface area contributed by atoms with Crippen LogP contribution in [0.2, 0.25) is 0 Å². The Morgan fingerprint density at radius 1 is 1.06 bits per heavy atom. The number of carbonyl (C=O) groups is 1. The molecular weight excluding hydrogens is 390 g/mol. The van der Waals surface area contributed by atoms with Gasteiger partial charge in [-0.1, -0.05) is 24.3 Å². The number of methoxy groups -OCH3 is 1. The molecule has 4 rings (SSSR count). The van der Waals surface area contributed by atoms with Crippen LogP contribution in [-0.2, 0) is 17.8 Å². The summed E-state index contributed by atoms with van der Waals surface area (Å²) in [5.41, 5.74) is 3.34. The molecule has 156 valence electrons. The summed E-state index contributed by atoms with van der Waals surface area (Å²) in [4.78, 5) is 29.7. The van der Waals surface area contributed by atoms with E-state index in [2.05, 4.69) is 10.3 Å². The zero-order valence-corrected chi connectivity index (χ0v) is 17.5. The molecule has 1 amide bonds. The lowest BCUT2D eigenvalue weighted by atomic mass is 10.1. The van der Waals surface area contributed by atoms with Gasteiger partial charge in [-0.15, -0.1) is 0 Å². The molecule has 0 aliphatic heterocycles. The van der Waals surface area contributed by atoms with Crippen molar-refractivity contribution < 1.29 is 9.53 Å². The van der Waals surface area contributed by atoms with Crippen LogP contribution in [0.5, 0.6) is 5.75 Å². The van der Waals surface area contributed by atoms with Crippen molar-refractivity contribution in [2.75, 3.05) is 12.4 Å². The Kier molecular flexibility index (Phi) is 5.80. The highest BCUT2D eigenvalue weighted by atomic mass is 16.5. The third-order valence-electron chi connectivity index (χ3n) is 5.19. The summed E-state index contributed by atoms with van der Waals surface area (Å²) in [5, 5.41) is 4.23. The molecule has 0 radical (unpaired) electrons. The summed E-state index contributed by atoms with van der Waals surface area (Å²) < 4.78 is 6.92. The molecule has 0 aliphatic carbocycles. The first-order valence-electron chi connectivity index (χ1n) is 9.99. The van der Waals surface area contributed by atoms with E-state index in [0.717, 1.165) is 22.4 Å². The summed E-state index contributed by atoms with van der Waals surface area (Å²) >= 11 is 0. The van der Waals surface area contributed by atoms with Crippen LogP contribution < -0.4 is 15.6 Å². The number of nitrogens with one attached hydrogen (secondary N) is 1. The van der Waals surface area contributed by atoms with Crippen LogP contribution in [-0.4, -0.2) is 22.6 Å². The van der Waals surface area contributed by atoms with E-state index in [-0.39, 0.29) is 17.9 Å². The molecule has 6 nitrogen and oxygen atoms in total. The second-order valence-corrected chi connectivity index (χ2v) is 7.41. The number of hydrogen-bond acceptors (Lipinski definition) is 4. The molecule has 0 saturated carbocycles. The summed E-state index contributed by atoms with van der Waals surface area (Å²) in [6.07, 6.45) is 5.43. The van der Waals surface area contributed by atoms with Gasteiger partial charge in [-0.3, -0.25) is 14.6 Å². The zero-order valence-electron chi connectivity index (χ0n) is 17.5. The highest BCUT2D eigenvalue weighted by molar-refractivity contribution is 6.02. The lowest BCUT2D eigenvalue weighted by molar-refractivity contribution is -0.115. The minimum absolute atomic E-state index is 0.108. The Hall–Kier alpha value is -3.93. The molecule has 31 heavy (non-hydrogen) atoms. The van der Waals surface area contributed by atoms with E-state index in [4.69, 9.17) is 4.74 Å². The normalized spacial score (nSPS) is 10.8. The Labute approximate surface area is 180 Å². The average molecular weight is 413 g/mol. The lowest BCUT2D eigenvalue weighted by Gasteiger charge is -2.12. The minimum Gasteiger partial charge on any atom is -0.496 e. The van der Waals surface area contributed by atoms with E-state index in [1.807, 2.05) is 49.4 Å². The number of aryl methyl sites for hydroxylation is 1. The van der Waals surface area contributed by atoms with Crippen LogP contribution in [0.25, 0.3) is 10.8 Å². The Balaban J connectivity index is 1.57. The van der Waals surface area contributed by atoms with Crippen molar-refractivity contribution in [2.45, 2.75) is 19.9 Å². The zero-order chi connectivity index (χ0) is 21.8. The highest BCUT2D eigenvalue weighted by Crippen LogP contribution is 2.22. The predicted octanol–water partition coefficient (Wildman–Crippen LogP) is 3.94. The summed E-state index contributed by atoms with van der Waals surface area (Å²) in [5.74, 6) is 0.650. The molecule has 2 aromatic heterocycles. The minimum atomic E-state index is -0.142. The molecule has 0 spiro atoms. The number of carbonyl (C=O) groups excluding carboxylic acids is 1. The van der Waals surface area contributed by atoms with Gasteiger partial charge in [0.05, 0.1) is 20.1 Å². The van der Waals surface area contributed by atoms with Gasteiger partial charge >= 0.3 is 0 Å². The van der Waals surface area contributed by atoms with E-state index < -0.39 is 0 Å². The molecule has 0 fully saturated rings. The fourth-order valence-corrected chi connectivity index (χ4v) is 3.67. The Morgan fingerprint density at radius 3 is 2.68 bits per heavy atom. The molecule has 0 unspecified atom stereocenters. The lowest BCUT2D eigenvalue weighted by Crippen LogP contribution is -2.21. The van der Waals surface area contributed by atoms with Gasteiger partial charge in [0.1, 0.15) is 5.75 Å². The molecule has 1 N–H and O–H groups in total. The second kappa shape index (κ2) is 8.83. The van der Waals surface area contributed by atoms with Crippen LogP contribution in [0.4, 0.5) is 5.69 Å². The standard InChI is InChI=1S/C25H23N3O3/c1-17-13-18(8-9-23(17)31-2)14-24(29)27-22-7-3-6-21-20(22)10-12-28(25(21)30)16-19-5-4-11-26-15-19/h3-13,15H,14,16H2,1-2H3,(H,27,29). The van der Waals surface area contributed by atoms with Crippen LogP contribution >= 0.6 is 0 Å². The first kappa shape index (κ1) is 20.3. The molecule has 0 atom stereocenters. The number of fused-ring (bicyclic) bond motifs is 1. The third kappa shape index (κ3) is 4.48. The van der Waals surface area contributed by atoms with Crippen molar-refractivity contribution in [2.24, 2.45) is 0 Å². The fourth-order valence-electron chi connectivity index (χ4n) is 3.67. The highest BCUT2D eigenvalue weighted by Gasteiger charge is 2.11. The van der Waals surface area contributed by atoms with E-state index >= 15 is 0 Å². The van der Waals surface area contributed by atoms with Crippen molar-refractivity contribution >= 4 is 22.4 Å². The molecule has 4 aromatic rings. The molecule has 0 bridgehead atoms. The second-order valence-electron chi connectivity index (χ2n) is 7.41. The average Bonchev–Trinajstić information content (AvgIpc) is 2.77. The number of ether oxygens (including phenoxy) is 1. The number of benzene rings is 2. The molecule has 6 heteroatoms. The number of amides is 1. The van der Waals surface area contributed by atoms with Crippen molar-refractivity contribution in [1.82, 2.24) is 9.55 Å². The smallest absolute Gasteiger partial charge is 0.258 e. The number of nitrogens with zero attached hydrogens (tertiary/aromatic N) is 2. The van der Waals surface area contributed by atoms with Crippen molar-refractivity contribution in [3.05, 3.63) is 100 Å². The van der Waals surface area contributed by atoms with Gasteiger partial charge in [0, 0.05) is 35.1 Å². The largest absolute Gasteiger partial charge is 0.496 e. The summed E-state index contributed by atoms with van der Waals surface area (Å²) in [7, 11) is 1.62. The summed E-state index contributed by atoms with van der Waals surface area (Å²) in [6, 6.07) is 16.7. The topological polar surface area (TPSA) is 73.2 Å². The quantitative estimate of drug-likeness (QED) is 0.520. The van der Waals surface area contributed by atoms with Crippen LogP contribution in [0.15, 0.2) is 78.0 Å². The van der Waals surface area contributed by atoms with Crippen molar-refractivity contribution in [3.63, 3.8) is 0 Å². The van der Waals surface area contributed by atoms with Gasteiger partial charge in [0.2, 0.25) is 5.91 Å². The van der Waals surface area contributed by atoms with Crippen LogP contribution in [0.1, 0.15) is 16.7 Å². The molecule has 2 aromatic carbocycles. The third-order valence-corrected chi connectivity index (χ3v) is 5.19. The van der Waals surface area contributed by atoms with E-state index in [0.29, 0.717) is 23.0 Å². The van der Waals surface area contributed by atoms with Crippen molar-refractivity contribution in [1.29, 1.82) is 0 Å². The van der Waals surface area contributed by atoms with Gasteiger partial charge < -0.3 is 14.6 Å². The maximum absolute atomic E-state index is 13.0. The summed E-state index contributed by atoms with van der Waals surface area (Å²) in [6.45, 7) is 2.39. The predicted molar refractivity (Wildman–Crippen MR) is 122 cm³/mol. The van der Waals surface area contributed by atoms with Gasteiger partial charge in [-0.2, -0.15) is 0 Å². The van der Waals surface area contributed by atoms with Gasteiger partial charge in [-0.25, -0.2) is 0 Å². The van der Waals surface area contributed by atoms with Crippen LogP contribution in [0, 0.1) is 6.92 Å².